The molecule has 0 aliphatic heterocycles. The molecule has 0 aromatic heterocycles. The Morgan fingerprint density at radius 2 is 2.05 bits per heavy atom. The fraction of sp³-hybridized carbons (Fsp3) is 0.263. The lowest BCUT2D eigenvalue weighted by molar-refractivity contribution is 1.03. The molecule has 1 nitrogen and oxygen atoms in total. The van der Waals surface area contributed by atoms with Crippen molar-refractivity contribution in [2.75, 3.05) is 0 Å². The van der Waals surface area contributed by atoms with Gasteiger partial charge in [-0.15, -0.1) is 0 Å². The number of rotatable bonds is 4. The molecule has 0 spiro atoms. The van der Waals surface area contributed by atoms with E-state index in [1.807, 2.05) is 0 Å². The zero-order valence-electron chi connectivity index (χ0n) is 12.4. The van der Waals surface area contributed by atoms with E-state index in [0.29, 0.717) is 0 Å². The maximum absolute atomic E-state index is 6.20. The molecular formula is C19H23N. The largest absolute Gasteiger partial charge is 0.398 e. The van der Waals surface area contributed by atoms with Gasteiger partial charge >= 0.3 is 0 Å². The Morgan fingerprint density at radius 1 is 1.20 bits per heavy atom. The minimum Gasteiger partial charge on any atom is -0.398 e. The third-order valence-electron chi connectivity index (χ3n) is 3.55. The highest BCUT2D eigenvalue weighted by Crippen LogP contribution is 2.18. The summed E-state index contributed by atoms with van der Waals surface area (Å²) >= 11 is 0. The molecule has 0 saturated heterocycles. The number of aryl methyl sites for hydroxylation is 2. The van der Waals surface area contributed by atoms with Crippen molar-refractivity contribution in [1.29, 1.82) is 0 Å². The Bertz CT molecular complexity index is 586. The molecule has 1 aromatic carbocycles. The number of hydrogen-bond donors (Lipinski definition) is 1. The first-order chi connectivity index (χ1) is 9.66. The Balaban J connectivity index is 1.95. The zero-order valence-corrected chi connectivity index (χ0v) is 12.4. The maximum Gasteiger partial charge on any atom is 0.0349 e. The molecule has 1 aliphatic carbocycles. The normalized spacial score (nSPS) is 16.9. The smallest absolute Gasteiger partial charge is 0.0349 e. The van der Waals surface area contributed by atoms with Crippen LogP contribution in [0.15, 0.2) is 60.2 Å². The third kappa shape index (κ3) is 3.99. The van der Waals surface area contributed by atoms with Gasteiger partial charge in [0.15, 0.2) is 0 Å². The van der Waals surface area contributed by atoms with Crippen LogP contribution < -0.4 is 5.73 Å². The summed E-state index contributed by atoms with van der Waals surface area (Å²) in [7, 11) is 0. The second kappa shape index (κ2) is 6.95. The van der Waals surface area contributed by atoms with Crippen LogP contribution in [0.1, 0.15) is 36.0 Å². The topological polar surface area (TPSA) is 26.0 Å². The zero-order chi connectivity index (χ0) is 14.4. The Hall–Kier alpha value is -2.02. The first kappa shape index (κ1) is 14.4. The number of allylic oxidation sites excluding steroid dienone is 7. The number of benzene rings is 1. The summed E-state index contributed by atoms with van der Waals surface area (Å²) in [5.74, 6) is 0. The van der Waals surface area contributed by atoms with E-state index in [1.165, 1.54) is 16.7 Å². The lowest BCUT2D eigenvalue weighted by Gasteiger charge is -2.07. The average Bonchev–Trinajstić information content (AvgIpc) is 2.47. The van der Waals surface area contributed by atoms with Gasteiger partial charge in [-0.05, 0) is 50.3 Å². The highest BCUT2D eigenvalue weighted by Gasteiger charge is 2.01. The van der Waals surface area contributed by atoms with E-state index in [1.54, 1.807) is 0 Å². The van der Waals surface area contributed by atoms with Gasteiger partial charge in [0.05, 0.1) is 0 Å². The number of hydrogen-bond acceptors (Lipinski definition) is 1. The molecule has 0 saturated carbocycles. The van der Waals surface area contributed by atoms with Crippen LogP contribution in [0.5, 0.6) is 0 Å². The Morgan fingerprint density at radius 3 is 2.80 bits per heavy atom. The summed E-state index contributed by atoms with van der Waals surface area (Å²) in [5, 5.41) is 0. The Labute approximate surface area is 122 Å². The molecule has 1 aromatic rings. The lowest BCUT2D eigenvalue weighted by atomic mass is 10.0. The van der Waals surface area contributed by atoms with Crippen LogP contribution in [0, 0.1) is 13.8 Å². The minimum atomic E-state index is 0.892. The van der Waals surface area contributed by atoms with Crippen LogP contribution in [0.25, 0.3) is 5.70 Å². The number of nitrogens with two attached hydrogens (primary N) is 1. The van der Waals surface area contributed by atoms with Crippen molar-refractivity contribution in [3.63, 3.8) is 0 Å². The summed E-state index contributed by atoms with van der Waals surface area (Å²) in [6.07, 6.45) is 16.1. The molecular weight excluding hydrogens is 242 g/mol. The average molecular weight is 265 g/mol. The predicted molar refractivity (Wildman–Crippen MR) is 88.3 cm³/mol. The van der Waals surface area contributed by atoms with Crippen molar-refractivity contribution in [3.8, 4) is 0 Å². The van der Waals surface area contributed by atoms with Crippen molar-refractivity contribution in [2.24, 2.45) is 5.73 Å². The van der Waals surface area contributed by atoms with Crippen molar-refractivity contribution >= 4 is 5.70 Å². The third-order valence-corrected chi connectivity index (χ3v) is 3.55. The van der Waals surface area contributed by atoms with Gasteiger partial charge in [-0.25, -0.2) is 0 Å². The molecule has 1 aliphatic rings. The van der Waals surface area contributed by atoms with Crippen molar-refractivity contribution in [3.05, 3.63) is 76.9 Å². The van der Waals surface area contributed by atoms with Crippen molar-refractivity contribution in [1.82, 2.24) is 0 Å². The fourth-order valence-electron chi connectivity index (χ4n) is 2.35. The first-order valence-corrected chi connectivity index (χ1v) is 7.22. The maximum atomic E-state index is 6.20. The van der Waals surface area contributed by atoms with Gasteiger partial charge in [0.25, 0.3) is 0 Å². The van der Waals surface area contributed by atoms with Crippen LogP contribution in [0.4, 0.5) is 0 Å². The second-order valence-corrected chi connectivity index (χ2v) is 5.33. The van der Waals surface area contributed by atoms with E-state index >= 15 is 0 Å². The highest BCUT2D eigenvalue weighted by molar-refractivity contribution is 5.66. The predicted octanol–water partition coefficient (Wildman–Crippen LogP) is 4.83. The summed E-state index contributed by atoms with van der Waals surface area (Å²) < 4.78 is 0. The molecule has 20 heavy (non-hydrogen) atoms. The minimum absolute atomic E-state index is 0.892. The second-order valence-electron chi connectivity index (χ2n) is 5.33. The van der Waals surface area contributed by atoms with Crippen LogP contribution in [-0.2, 0) is 0 Å². The van der Waals surface area contributed by atoms with Crippen LogP contribution >= 0.6 is 0 Å². The molecule has 0 atom stereocenters. The molecule has 0 amide bonds. The monoisotopic (exact) mass is 265 g/mol. The van der Waals surface area contributed by atoms with Gasteiger partial charge in [0.2, 0.25) is 0 Å². The molecule has 0 unspecified atom stereocenters. The standard InChI is InChI=1S/C19H23N/c1-15-12-13-16(2)18(14-15)19(20)11-7-6-10-17-8-4-3-5-9-17/h3-5,8,10-14H,6-7,9,20H2,1-2H3/b17-10-,19-11-. The van der Waals surface area contributed by atoms with E-state index in [0.717, 1.165) is 30.5 Å². The highest BCUT2D eigenvalue weighted by atomic mass is 14.6. The van der Waals surface area contributed by atoms with E-state index < -0.39 is 0 Å². The quantitative estimate of drug-likeness (QED) is 0.776. The SMILES string of the molecule is Cc1ccc(C)c(/C(N)=C/CC/C=C2/C=CC=CC2)c1. The molecule has 104 valence electrons. The van der Waals surface area contributed by atoms with Crippen molar-refractivity contribution < 1.29 is 0 Å². The van der Waals surface area contributed by atoms with E-state index in [2.05, 4.69) is 68.5 Å². The first-order valence-electron chi connectivity index (χ1n) is 7.22. The molecule has 0 heterocycles. The molecule has 2 rings (SSSR count). The van der Waals surface area contributed by atoms with Gasteiger partial charge in [0.1, 0.15) is 0 Å². The van der Waals surface area contributed by atoms with Crippen LogP contribution in [0.2, 0.25) is 0 Å². The molecule has 1 heteroatoms. The summed E-state index contributed by atoms with van der Waals surface area (Å²) in [6.45, 7) is 4.21. The molecule has 0 fully saturated rings. The fourth-order valence-corrected chi connectivity index (χ4v) is 2.35. The summed E-state index contributed by atoms with van der Waals surface area (Å²) in [6, 6.07) is 6.42. The van der Waals surface area contributed by atoms with Crippen molar-refractivity contribution in [2.45, 2.75) is 33.1 Å². The van der Waals surface area contributed by atoms with Crippen LogP contribution in [-0.4, -0.2) is 0 Å². The van der Waals surface area contributed by atoms with Crippen LogP contribution in [0.3, 0.4) is 0 Å². The van der Waals surface area contributed by atoms with E-state index in [-0.39, 0.29) is 0 Å². The van der Waals surface area contributed by atoms with Gasteiger partial charge in [-0.3, -0.25) is 0 Å². The molecule has 2 N–H and O–H groups in total. The molecule has 0 bridgehead atoms. The van der Waals surface area contributed by atoms with Gasteiger partial charge in [0, 0.05) is 11.3 Å². The van der Waals surface area contributed by atoms with Gasteiger partial charge in [-0.1, -0.05) is 54.2 Å². The summed E-state index contributed by atoms with van der Waals surface area (Å²) in [4.78, 5) is 0. The van der Waals surface area contributed by atoms with E-state index in [9.17, 15) is 0 Å². The number of unbranched alkanes of at least 4 members (excludes halogenated alkanes) is 1. The van der Waals surface area contributed by atoms with Gasteiger partial charge < -0.3 is 5.73 Å². The Kier molecular flexibility index (Phi) is 5.00. The van der Waals surface area contributed by atoms with E-state index in [4.69, 9.17) is 5.73 Å². The summed E-state index contributed by atoms with van der Waals surface area (Å²) in [5.41, 5.74) is 12.1. The van der Waals surface area contributed by atoms with Gasteiger partial charge in [-0.2, -0.15) is 0 Å². The lowest BCUT2D eigenvalue weighted by Crippen LogP contribution is -1.99. The molecule has 0 radical (unpaired) electrons.